The van der Waals surface area contributed by atoms with Gasteiger partial charge in [-0.3, -0.25) is 0 Å². The van der Waals surface area contributed by atoms with Crippen LogP contribution in [0.4, 0.5) is 0 Å². The maximum atomic E-state index is 11.1. The summed E-state index contributed by atoms with van der Waals surface area (Å²) in [5.41, 5.74) is 2.19. The molecule has 1 saturated heterocycles. The molecule has 18 heavy (non-hydrogen) atoms. The van der Waals surface area contributed by atoms with Crippen molar-refractivity contribution >= 4 is 17.6 Å². The topological polar surface area (TPSA) is 46.5 Å². The van der Waals surface area contributed by atoms with Gasteiger partial charge in [0.2, 0.25) is 0 Å². The molecule has 1 N–H and O–H groups in total. The van der Waals surface area contributed by atoms with Crippen LogP contribution in [0.25, 0.3) is 0 Å². The van der Waals surface area contributed by atoms with Gasteiger partial charge >= 0.3 is 5.97 Å². The molecule has 1 aliphatic heterocycles. The van der Waals surface area contributed by atoms with Gasteiger partial charge < -0.3 is 9.84 Å². The second-order valence-electron chi connectivity index (χ2n) is 4.80. The highest BCUT2D eigenvalue weighted by molar-refractivity contribution is 6.31. The minimum Gasteiger partial charge on any atom is -0.478 e. The lowest BCUT2D eigenvalue weighted by molar-refractivity contribution is 0.0662. The Balaban J connectivity index is 2.23. The molecule has 0 spiro atoms. The summed E-state index contributed by atoms with van der Waals surface area (Å²) in [6.45, 7) is 3.46. The first-order chi connectivity index (χ1) is 8.58. The summed E-state index contributed by atoms with van der Waals surface area (Å²) < 4.78 is 5.33. The van der Waals surface area contributed by atoms with E-state index in [-0.39, 0.29) is 0 Å². The van der Waals surface area contributed by atoms with Crippen molar-refractivity contribution < 1.29 is 14.6 Å². The fourth-order valence-corrected chi connectivity index (χ4v) is 2.67. The summed E-state index contributed by atoms with van der Waals surface area (Å²) in [6, 6.07) is 3.41. The summed E-state index contributed by atoms with van der Waals surface area (Å²) in [5, 5.41) is 9.64. The Hall–Kier alpha value is -1.06. The zero-order chi connectivity index (χ0) is 13.1. The molecule has 0 radical (unpaired) electrons. The lowest BCUT2D eigenvalue weighted by atomic mass is 9.89. The summed E-state index contributed by atoms with van der Waals surface area (Å²) in [6.07, 6.45) is 2.96. The van der Waals surface area contributed by atoms with Crippen LogP contribution in [0.15, 0.2) is 12.1 Å². The number of halogens is 1. The Labute approximate surface area is 112 Å². The number of ether oxygens (including phenoxy) is 1. The Morgan fingerprint density at radius 1 is 1.44 bits per heavy atom. The highest BCUT2D eigenvalue weighted by atomic mass is 35.5. The van der Waals surface area contributed by atoms with E-state index in [0.29, 0.717) is 16.5 Å². The van der Waals surface area contributed by atoms with Gasteiger partial charge in [0.05, 0.1) is 5.56 Å². The molecule has 0 unspecified atom stereocenters. The van der Waals surface area contributed by atoms with Crippen LogP contribution in [-0.4, -0.2) is 24.3 Å². The van der Waals surface area contributed by atoms with Gasteiger partial charge in [-0.15, -0.1) is 0 Å². The third-order valence-electron chi connectivity index (χ3n) is 3.56. The molecule has 0 aliphatic carbocycles. The molecule has 0 bridgehead atoms. The summed E-state index contributed by atoms with van der Waals surface area (Å²) in [7, 11) is 0. The van der Waals surface area contributed by atoms with Crippen molar-refractivity contribution in [3.63, 3.8) is 0 Å². The van der Waals surface area contributed by atoms with Gasteiger partial charge in [0.15, 0.2) is 0 Å². The number of carboxylic acid groups (broad SMARTS) is 1. The molecule has 1 aromatic carbocycles. The number of carboxylic acids is 1. The molecule has 0 atom stereocenters. The largest absolute Gasteiger partial charge is 0.478 e. The van der Waals surface area contributed by atoms with Crippen molar-refractivity contribution in [2.24, 2.45) is 5.92 Å². The Kier molecular flexibility index (Phi) is 4.25. The first-order valence-corrected chi connectivity index (χ1v) is 6.56. The van der Waals surface area contributed by atoms with E-state index in [1.165, 1.54) is 6.07 Å². The van der Waals surface area contributed by atoms with Gasteiger partial charge in [-0.25, -0.2) is 4.79 Å². The summed E-state index contributed by atoms with van der Waals surface area (Å²) in [5.74, 6) is -0.346. The lowest BCUT2D eigenvalue weighted by Crippen LogP contribution is -2.18. The van der Waals surface area contributed by atoms with Gasteiger partial charge in [-0.1, -0.05) is 11.6 Å². The molecule has 1 aromatic rings. The van der Waals surface area contributed by atoms with Crippen LogP contribution in [0.3, 0.4) is 0 Å². The van der Waals surface area contributed by atoms with Crippen LogP contribution >= 0.6 is 11.6 Å². The summed E-state index contributed by atoms with van der Waals surface area (Å²) in [4.78, 5) is 11.1. The van der Waals surface area contributed by atoms with E-state index in [9.17, 15) is 4.79 Å². The third kappa shape index (κ3) is 3.03. The summed E-state index contributed by atoms with van der Waals surface area (Å²) >= 11 is 6.00. The monoisotopic (exact) mass is 268 g/mol. The van der Waals surface area contributed by atoms with Gasteiger partial charge in [-0.05, 0) is 55.4 Å². The van der Waals surface area contributed by atoms with E-state index in [0.717, 1.165) is 43.6 Å². The molecule has 2 rings (SSSR count). The van der Waals surface area contributed by atoms with Gasteiger partial charge in [0.25, 0.3) is 0 Å². The minimum atomic E-state index is -0.914. The van der Waals surface area contributed by atoms with Crippen LogP contribution in [0.2, 0.25) is 5.02 Å². The van der Waals surface area contributed by atoms with E-state index >= 15 is 0 Å². The molecule has 0 amide bonds. The normalized spacial score (nSPS) is 16.8. The van der Waals surface area contributed by atoms with Crippen molar-refractivity contribution in [3.05, 3.63) is 33.8 Å². The van der Waals surface area contributed by atoms with Crippen molar-refractivity contribution in [3.8, 4) is 0 Å². The molecule has 1 fully saturated rings. The van der Waals surface area contributed by atoms with E-state index < -0.39 is 5.97 Å². The fraction of sp³-hybridized carbons (Fsp3) is 0.500. The number of hydrogen-bond donors (Lipinski definition) is 1. The third-order valence-corrected chi connectivity index (χ3v) is 3.78. The van der Waals surface area contributed by atoms with Crippen molar-refractivity contribution in [1.82, 2.24) is 0 Å². The first-order valence-electron chi connectivity index (χ1n) is 6.18. The molecule has 3 nitrogen and oxygen atoms in total. The highest BCUT2D eigenvalue weighted by Gasteiger charge is 2.18. The number of carbonyl (C=O) groups is 1. The fourth-order valence-electron chi connectivity index (χ4n) is 2.43. The van der Waals surface area contributed by atoms with Crippen molar-refractivity contribution in [2.75, 3.05) is 13.2 Å². The molecule has 0 saturated carbocycles. The van der Waals surface area contributed by atoms with Crippen LogP contribution in [0.1, 0.15) is 34.3 Å². The minimum absolute atomic E-state index is 0.310. The average molecular weight is 269 g/mol. The zero-order valence-corrected chi connectivity index (χ0v) is 11.2. The van der Waals surface area contributed by atoms with Crippen LogP contribution < -0.4 is 0 Å². The molecular formula is C14H17ClO3. The Morgan fingerprint density at radius 3 is 2.72 bits per heavy atom. The molecule has 1 heterocycles. The predicted molar refractivity (Wildman–Crippen MR) is 70.4 cm³/mol. The standard InChI is InChI=1S/C14H17ClO3/c1-9-11(6-10-2-4-18-5-3-10)7-12(15)8-13(9)14(16)17/h7-8,10H,2-6H2,1H3,(H,16,17). The van der Waals surface area contributed by atoms with Crippen LogP contribution in [0, 0.1) is 12.8 Å². The number of hydrogen-bond acceptors (Lipinski definition) is 2. The maximum Gasteiger partial charge on any atom is 0.336 e. The van der Waals surface area contributed by atoms with E-state index in [1.54, 1.807) is 0 Å². The van der Waals surface area contributed by atoms with Gasteiger partial charge in [-0.2, -0.15) is 0 Å². The van der Waals surface area contributed by atoms with Crippen LogP contribution in [0.5, 0.6) is 0 Å². The first kappa shape index (κ1) is 13.4. The second-order valence-corrected chi connectivity index (χ2v) is 5.24. The molecule has 0 aromatic heterocycles. The number of benzene rings is 1. The SMILES string of the molecule is Cc1c(CC2CCOCC2)cc(Cl)cc1C(=O)O. The zero-order valence-electron chi connectivity index (χ0n) is 10.4. The second kappa shape index (κ2) is 5.72. The van der Waals surface area contributed by atoms with Crippen molar-refractivity contribution in [2.45, 2.75) is 26.2 Å². The van der Waals surface area contributed by atoms with E-state index in [1.807, 2.05) is 13.0 Å². The maximum absolute atomic E-state index is 11.1. The van der Waals surface area contributed by atoms with Gasteiger partial charge in [0, 0.05) is 18.2 Å². The molecular weight excluding hydrogens is 252 g/mol. The predicted octanol–water partition coefficient (Wildman–Crippen LogP) is 3.32. The molecule has 4 heteroatoms. The molecule has 1 aliphatic rings. The van der Waals surface area contributed by atoms with Crippen LogP contribution in [-0.2, 0) is 11.2 Å². The van der Waals surface area contributed by atoms with Crippen molar-refractivity contribution in [1.29, 1.82) is 0 Å². The quantitative estimate of drug-likeness (QED) is 0.915. The Morgan fingerprint density at radius 2 is 2.11 bits per heavy atom. The molecule has 98 valence electrons. The lowest BCUT2D eigenvalue weighted by Gasteiger charge is -2.23. The average Bonchev–Trinajstić information content (AvgIpc) is 2.34. The smallest absolute Gasteiger partial charge is 0.336 e. The number of aromatic carboxylic acids is 1. The van der Waals surface area contributed by atoms with Gasteiger partial charge in [0.1, 0.15) is 0 Å². The Bertz CT molecular complexity index is 451. The highest BCUT2D eigenvalue weighted by Crippen LogP contribution is 2.26. The number of rotatable bonds is 3. The van der Waals surface area contributed by atoms with E-state index in [4.69, 9.17) is 21.4 Å². The van der Waals surface area contributed by atoms with E-state index in [2.05, 4.69) is 0 Å².